The number of benzene rings is 2. The second-order valence-electron chi connectivity index (χ2n) is 4.46. The predicted octanol–water partition coefficient (Wildman–Crippen LogP) is 2.32. The standard InChI is InChI=1S/C16H11N3O/c17-9-12-5-1-2-7-14(12)11-19-16(20)15-8-4-3-6-13(15)10-18-19/h1-8,10H,11H2. The van der Waals surface area contributed by atoms with Gasteiger partial charge in [0.2, 0.25) is 0 Å². The van der Waals surface area contributed by atoms with E-state index in [9.17, 15) is 4.79 Å². The van der Waals surface area contributed by atoms with Gasteiger partial charge in [0, 0.05) is 5.39 Å². The van der Waals surface area contributed by atoms with E-state index in [-0.39, 0.29) is 5.56 Å². The number of hydrogen-bond donors (Lipinski definition) is 0. The van der Waals surface area contributed by atoms with Crippen LogP contribution in [0.15, 0.2) is 59.5 Å². The van der Waals surface area contributed by atoms with Gasteiger partial charge in [-0.1, -0.05) is 36.4 Å². The van der Waals surface area contributed by atoms with Crippen molar-refractivity contribution < 1.29 is 0 Å². The quantitative estimate of drug-likeness (QED) is 0.711. The highest BCUT2D eigenvalue weighted by molar-refractivity contribution is 5.80. The molecule has 20 heavy (non-hydrogen) atoms. The third kappa shape index (κ3) is 2.06. The highest BCUT2D eigenvalue weighted by Gasteiger charge is 2.06. The molecule has 0 unspecified atom stereocenters. The number of fused-ring (bicyclic) bond motifs is 1. The van der Waals surface area contributed by atoms with Crippen molar-refractivity contribution >= 4 is 10.8 Å². The zero-order valence-corrected chi connectivity index (χ0v) is 10.7. The van der Waals surface area contributed by atoms with E-state index in [1.165, 1.54) is 4.68 Å². The van der Waals surface area contributed by atoms with Crippen molar-refractivity contribution in [2.45, 2.75) is 6.54 Å². The van der Waals surface area contributed by atoms with Gasteiger partial charge in [-0.05, 0) is 17.7 Å². The highest BCUT2D eigenvalue weighted by Crippen LogP contribution is 2.10. The van der Waals surface area contributed by atoms with Gasteiger partial charge >= 0.3 is 0 Å². The molecule has 1 heterocycles. The van der Waals surface area contributed by atoms with Gasteiger partial charge in [0.15, 0.2) is 0 Å². The Hall–Kier alpha value is -2.93. The zero-order chi connectivity index (χ0) is 13.9. The lowest BCUT2D eigenvalue weighted by Gasteiger charge is -2.07. The molecule has 0 atom stereocenters. The molecule has 0 spiro atoms. The summed E-state index contributed by atoms with van der Waals surface area (Å²) in [6, 6.07) is 16.7. The molecule has 0 amide bonds. The van der Waals surface area contributed by atoms with Crippen LogP contribution in [-0.2, 0) is 6.54 Å². The molecule has 2 aromatic carbocycles. The minimum atomic E-state index is -0.143. The van der Waals surface area contributed by atoms with Crippen LogP contribution in [0.1, 0.15) is 11.1 Å². The van der Waals surface area contributed by atoms with E-state index in [1.54, 1.807) is 24.4 Å². The number of hydrogen-bond acceptors (Lipinski definition) is 3. The smallest absolute Gasteiger partial charge is 0.267 e. The first-order valence-electron chi connectivity index (χ1n) is 6.22. The number of aromatic nitrogens is 2. The molecule has 4 nitrogen and oxygen atoms in total. The molecule has 1 aromatic heterocycles. The van der Waals surface area contributed by atoms with Crippen LogP contribution in [0, 0.1) is 11.3 Å². The van der Waals surface area contributed by atoms with E-state index >= 15 is 0 Å². The molecule has 0 fully saturated rings. The van der Waals surface area contributed by atoms with E-state index in [0.717, 1.165) is 10.9 Å². The van der Waals surface area contributed by atoms with Crippen LogP contribution in [0.2, 0.25) is 0 Å². The summed E-state index contributed by atoms with van der Waals surface area (Å²) < 4.78 is 1.39. The van der Waals surface area contributed by atoms with Crippen molar-refractivity contribution in [2.24, 2.45) is 0 Å². The van der Waals surface area contributed by atoms with Gasteiger partial charge in [-0.3, -0.25) is 4.79 Å². The highest BCUT2D eigenvalue weighted by atomic mass is 16.1. The Morgan fingerprint density at radius 3 is 2.70 bits per heavy atom. The van der Waals surface area contributed by atoms with Crippen molar-refractivity contribution in [2.75, 3.05) is 0 Å². The fourth-order valence-electron chi connectivity index (χ4n) is 2.17. The third-order valence-corrected chi connectivity index (χ3v) is 3.22. The predicted molar refractivity (Wildman–Crippen MR) is 76.3 cm³/mol. The summed E-state index contributed by atoms with van der Waals surface area (Å²) in [6.07, 6.45) is 1.67. The van der Waals surface area contributed by atoms with Gasteiger partial charge in [-0.2, -0.15) is 10.4 Å². The molecule has 0 aliphatic rings. The Kier molecular flexibility index (Phi) is 3.02. The molecule has 3 aromatic rings. The van der Waals surface area contributed by atoms with Gasteiger partial charge < -0.3 is 0 Å². The van der Waals surface area contributed by atoms with Crippen molar-refractivity contribution in [3.8, 4) is 6.07 Å². The van der Waals surface area contributed by atoms with Gasteiger partial charge in [0.1, 0.15) is 0 Å². The van der Waals surface area contributed by atoms with E-state index in [0.29, 0.717) is 17.5 Å². The maximum absolute atomic E-state index is 12.3. The van der Waals surface area contributed by atoms with Crippen molar-refractivity contribution in [1.82, 2.24) is 9.78 Å². The van der Waals surface area contributed by atoms with Gasteiger partial charge in [-0.25, -0.2) is 4.68 Å². The fraction of sp³-hybridized carbons (Fsp3) is 0.0625. The Labute approximate surface area is 115 Å². The summed E-state index contributed by atoms with van der Waals surface area (Å²) in [6.45, 7) is 0.299. The normalized spacial score (nSPS) is 10.3. The van der Waals surface area contributed by atoms with Gasteiger partial charge in [0.25, 0.3) is 5.56 Å². The molecule has 0 N–H and O–H groups in total. The zero-order valence-electron chi connectivity index (χ0n) is 10.7. The molecule has 0 aliphatic heterocycles. The van der Waals surface area contributed by atoms with Crippen LogP contribution in [0.3, 0.4) is 0 Å². The largest absolute Gasteiger partial charge is 0.274 e. The summed E-state index contributed by atoms with van der Waals surface area (Å²) >= 11 is 0. The minimum Gasteiger partial charge on any atom is -0.267 e. The molecule has 3 rings (SSSR count). The van der Waals surface area contributed by atoms with Crippen molar-refractivity contribution in [3.63, 3.8) is 0 Å². The third-order valence-electron chi connectivity index (χ3n) is 3.22. The van der Waals surface area contributed by atoms with Crippen LogP contribution in [0.4, 0.5) is 0 Å². The van der Waals surface area contributed by atoms with E-state index < -0.39 is 0 Å². The summed E-state index contributed by atoms with van der Waals surface area (Å²) in [7, 11) is 0. The molecule has 0 radical (unpaired) electrons. The van der Waals surface area contributed by atoms with Gasteiger partial charge in [-0.15, -0.1) is 0 Å². The Balaban J connectivity index is 2.10. The van der Waals surface area contributed by atoms with Crippen molar-refractivity contribution in [1.29, 1.82) is 5.26 Å². The lowest BCUT2D eigenvalue weighted by molar-refractivity contribution is 0.646. The minimum absolute atomic E-state index is 0.143. The first-order valence-corrected chi connectivity index (χ1v) is 6.22. The van der Waals surface area contributed by atoms with E-state index in [1.807, 2.05) is 30.3 Å². The summed E-state index contributed by atoms with van der Waals surface area (Å²) in [5.74, 6) is 0. The first kappa shape index (κ1) is 12.1. The summed E-state index contributed by atoms with van der Waals surface area (Å²) in [5.41, 5.74) is 1.21. The molecule has 96 valence electrons. The second-order valence-corrected chi connectivity index (χ2v) is 4.46. The molecular formula is C16H11N3O. The van der Waals surface area contributed by atoms with Gasteiger partial charge in [0.05, 0.1) is 29.8 Å². The Bertz CT molecular complexity index is 875. The SMILES string of the molecule is N#Cc1ccccc1Cn1ncc2ccccc2c1=O. The Morgan fingerprint density at radius 2 is 1.85 bits per heavy atom. The average Bonchev–Trinajstić information content (AvgIpc) is 2.51. The Morgan fingerprint density at radius 1 is 1.10 bits per heavy atom. The topological polar surface area (TPSA) is 58.7 Å². The average molecular weight is 261 g/mol. The summed E-state index contributed by atoms with van der Waals surface area (Å²) in [4.78, 5) is 12.3. The maximum Gasteiger partial charge on any atom is 0.274 e. The van der Waals surface area contributed by atoms with Crippen molar-refractivity contribution in [3.05, 3.63) is 76.2 Å². The maximum atomic E-state index is 12.3. The van der Waals surface area contributed by atoms with Crippen LogP contribution < -0.4 is 5.56 Å². The lowest BCUT2D eigenvalue weighted by Crippen LogP contribution is -2.23. The second kappa shape index (κ2) is 4.98. The number of rotatable bonds is 2. The number of nitrogens with zero attached hydrogens (tertiary/aromatic N) is 3. The van der Waals surface area contributed by atoms with E-state index in [4.69, 9.17) is 5.26 Å². The van der Waals surface area contributed by atoms with E-state index in [2.05, 4.69) is 11.2 Å². The first-order chi connectivity index (χ1) is 9.79. The molecular weight excluding hydrogens is 250 g/mol. The van der Waals surface area contributed by atoms with Crippen LogP contribution >= 0.6 is 0 Å². The molecule has 0 aliphatic carbocycles. The number of nitriles is 1. The monoisotopic (exact) mass is 261 g/mol. The molecule has 0 bridgehead atoms. The summed E-state index contributed by atoms with van der Waals surface area (Å²) in [5, 5.41) is 14.7. The van der Waals surface area contributed by atoms with Crippen LogP contribution in [0.5, 0.6) is 0 Å². The fourth-order valence-corrected chi connectivity index (χ4v) is 2.17. The molecule has 4 heteroatoms. The molecule has 0 saturated carbocycles. The lowest BCUT2D eigenvalue weighted by atomic mass is 10.1. The van der Waals surface area contributed by atoms with Crippen LogP contribution in [-0.4, -0.2) is 9.78 Å². The van der Waals surface area contributed by atoms with Crippen LogP contribution in [0.25, 0.3) is 10.8 Å². The molecule has 0 saturated heterocycles.